The van der Waals surface area contributed by atoms with Gasteiger partial charge in [-0.05, 0) is 74.9 Å². The van der Waals surface area contributed by atoms with E-state index in [0.717, 1.165) is 37.0 Å². The monoisotopic (exact) mass is 480 g/mol. The summed E-state index contributed by atoms with van der Waals surface area (Å²) in [6.45, 7) is 10.1. The van der Waals surface area contributed by atoms with Crippen molar-refractivity contribution in [1.29, 1.82) is 0 Å². The molecule has 2 aliphatic heterocycles. The number of carbonyl (C=O) groups excluding carboxylic acids is 2. The predicted octanol–water partition coefficient (Wildman–Crippen LogP) is 4.64. The number of nitrogens with zero attached hydrogens (tertiary/aromatic N) is 1. The molecule has 0 aromatic heterocycles. The zero-order chi connectivity index (χ0) is 25.0. The molecule has 2 heterocycles. The molecule has 0 unspecified atom stereocenters. The fraction of sp³-hybridized carbons (Fsp3) is 0.500. The van der Waals surface area contributed by atoms with Crippen LogP contribution < -0.4 is 19.5 Å². The van der Waals surface area contributed by atoms with Gasteiger partial charge < -0.3 is 24.4 Å². The maximum absolute atomic E-state index is 13.0. The molecule has 0 saturated carbocycles. The van der Waals surface area contributed by atoms with Gasteiger partial charge in [-0.3, -0.25) is 9.59 Å². The first-order chi connectivity index (χ1) is 16.7. The predicted molar refractivity (Wildman–Crippen MR) is 134 cm³/mol. The van der Waals surface area contributed by atoms with E-state index < -0.39 is 5.41 Å². The number of hydrogen-bond donors (Lipinski definition) is 1. The van der Waals surface area contributed by atoms with Crippen LogP contribution in [0.3, 0.4) is 0 Å². The molecule has 2 aromatic rings. The molecule has 7 heteroatoms. The third-order valence-electron chi connectivity index (χ3n) is 6.90. The van der Waals surface area contributed by atoms with Crippen LogP contribution in [0.1, 0.15) is 61.0 Å². The van der Waals surface area contributed by atoms with Gasteiger partial charge in [0.2, 0.25) is 12.7 Å². The molecule has 2 aromatic carbocycles. The lowest BCUT2D eigenvalue weighted by atomic mass is 9.86. The summed E-state index contributed by atoms with van der Waals surface area (Å²) in [7, 11) is 0. The van der Waals surface area contributed by atoms with Crippen LogP contribution in [-0.2, 0) is 4.79 Å². The summed E-state index contributed by atoms with van der Waals surface area (Å²) in [4.78, 5) is 27.7. The molecule has 0 radical (unpaired) electrons. The van der Waals surface area contributed by atoms with Crippen molar-refractivity contribution in [3.05, 3.63) is 53.1 Å². The Morgan fingerprint density at radius 3 is 2.57 bits per heavy atom. The second kappa shape index (κ2) is 10.6. The van der Waals surface area contributed by atoms with Gasteiger partial charge in [-0.15, -0.1) is 0 Å². The number of aryl methyl sites for hydroxylation is 2. The Kier molecular flexibility index (Phi) is 7.53. The molecule has 0 bridgehead atoms. The standard InChI is InChI=1S/C28H36N2O5/c1-19-6-7-20(2)24(16-19)33-15-5-12-28(3,4)27(32)29-22-10-13-30(14-11-22)26(31)21-8-9-23-25(17-21)35-18-34-23/h6-9,16-17,22H,5,10-15,18H2,1-4H3,(H,29,32). The number of fused-ring (bicyclic) bond motifs is 1. The normalized spacial score (nSPS) is 15.7. The summed E-state index contributed by atoms with van der Waals surface area (Å²) in [6, 6.07) is 11.6. The molecule has 2 amide bonds. The summed E-state index contributed by atoms with van der Waals surface area (Å²) >= 11 is 0. The van der Waals surface area contributed by atoms with Crippen molar-refractivity contribution >= 4 is 11.8 Å². The van der Waals surface area contributed by atoms with Gasteiger partial charge in [-0.25, -0.2) is 0 Å². The van der Waals surface area contributed by atoms with Crippen molar-refractivity contribution in [3.63, 3.8) is 0 Å². The number of amides is 2. The van der Waals surface area contributed by atoms with E-state index in [1.165, 1.54) is 5.56 Å². The lowest BCUT2D eigenvalue weighted by Crippen LogP contribution is -2.49. The van der Waals surface area contributed by atoms with Crippen LogP contribution in [0.2, 0.25) is 0 Å². The number of likely N-dealkylation sites (tertiary alicyclic amines) is 1. The van der Waals surface area contributed by atoms with E-state index in [1.54, 1.807) is 18.2 Å². The quantitative estimate of drug-likeness (QED) is 0.557. The van der Waals surface area contributed by atoms with Crippen LogP contribution in [0, 0.1) is 19.3 Å². The fourth-order valence-electron chi connectivity index (χ4n) is 4.49. The first kappa shape index (κ1) is 24.9. The maximum Gasteiger partial charge on any atom is 0.253 e. The Bertz CT molecular complexity index is 1070. The van der Waals surface area contributed by atoms with Crippen molar-refractivity contribution in [2.75, 3.05) is 26.5 Å². The fourth-order valence-corrected chi connectivity index (χ4v) is 4.49. The zero-order valence-corrected chi connectivity index (χ0v) is 21.2. The van der Waals surface area contributed by atoms with Crippen molar-refractivity contribution in [3.8, 4) is 17.2 Å². The van der Waals surface area contributed by atoms with Crippen molar-refractivity contribution in [2.24, 2.45) is 5.41 Å². The van der Waals surface area contributed by atoms with E-state index in [0.29, 0.717) is 36.8 Å². The molecular formula is C28H36N2O5. The van der Waals surface area contributed by atoms with E-state index >= 15 is 0 Å². The minimum Gasteiger partial charge on any atom is -0.493 e. The molecule has 0 spiro atoms. The van der Waals surface area contributed by atoms with Gasteiger partial charge in [0.15, 0.2) is 11.5 Å². The van der Waals surface area contributed by atoms with Gasteiger partial charge in [0.1, 0.15) is 5.75 Å². The molecule has 188 valence electrons. The Labute approximate surface area is 207 Å². The molecule has 4 rings (SSSR count). The molecule has 35 heavy (non-hydrogen) atoms. The highest BCUT2D eigenvalue weighted by molar-refractivity contribution is 5.95. The van der Waals surface area contributed by atoms with E-state index in [2.05, 4.69) is 30.4 Å². The van der Waals surface area contributed by atoms with Gasteiger partial charge in [0, 0.05) is 30.1 Å². The molecular weight excluding hydrogens is 444 g/mol. The maximum atomic E-state index is 13.0. The summed E-state index contributed by atoms with van der Waals surface area (Å²) in [5.41, 5.74) is 2.41. The number of nitrogens with one attached hydrogen (secondary N) is 1. The Morgan fingerprint density at radius 1 is 1.06 bits per heavy atom. The Morgan fingerprint density at radius 2 is 1.80 bits per heavy atom. The molecule has 0 atom stereocenters. The number of rotatable bonds is 8. The lowest BCUT2D eigenvalue weighted by Gasteiger charge is -2.34. The highest BCUT2D eigenvalue weighted by Crippen LogP contribution is 2.33. The largest absolute Gasteiger partial charge is 0.493 e. The first-order valence-corrected chi connectivity index (χ1v) is 12.4. The molecule has 2 aliphatic rings. The topological polar surface area (TPSA) is 77.1 Å². The van der Waals surface area contributed by atoms with Crippen molar-refractivity contribution in [1.82, 2.24) is 10.2 Å². The molecule has 7 nitrogen and oxygen atoms in total. The first-order valence-electron chi connectivity index (χ1n) is 12.4. The second-order valence-electron chi connectivity index (χ2n) is 10.2. The van der Waals surface area contributed by atoms with Gasteiger partial charge in [-0.2, -0.15) is 0 Å². The number of carbonyl (C=O) groups is 2. The third-order valence-corrected chi connectivity index (χ3v) is 6.90. The van der Waals surface area contributed by atoms with Gasteiger partial charge >= 0.3 is 0 Å². The van der Waals surface area contributed by atoms with Gasteiger partial charge in [0.05, 0.1) is 6.61 Å². The zero-order valence-electron chi connectivity index (χ0n) is 21.2. The summed E-state index contributed by atoms with van der Waals surface area (Å²) in [6.07, 6.45) is 3.03. The Hall–Kier alpha value is -3.22. The smallest absolute Gasteiger partial charge is 0.253 e. The molecule has 1 saturated heterocycles. The summed E-state index contributed by atoms with van der Waals surface area (Å²) in [5, 5.41) is 3.21. The molecule has 0 aliphatic carbocycles. The number of piperidine rings is 1. The van der Waals surface area contributed by atoms with E-state index in [-0.39, 0.29) is 24.6 Å². The second-order valence-corrected chi connectivity index (χ2v) is 10.2. The van der Waals surface area contributed by atoms with Crippen molar-refractivity contribution < 1.29 is 23.8 Å². The van der Waals surface area contributed by atoms with Crippen LogP contribution in [0.4, 0.5) is 0 Å². The van der Waals surface area contributed by atoms with E-state index in [9.17, 15) is 9.59 Å². The van der Waals surface area contributed by atoms with Crippen LogP contribution in [0.25, 0.3) is 0 Å². The number of benzene rings is 2. The van der Waals surface area contributed by atoms with Crippen LogP contribution in [0.15, 0.2) is 36.4 Å². The van der Waals surface area contributed by atoms with Crippen molar-refractivity contribution in [2.45, 2.75) is 59.4 Å². The van der Waals surface area contributed by atoms with E-state index in [1.807, 2.05) is 25.7 Å². The van der Waals surface area contributed by atoms with Gasteiger partial charge in [-0.1, -0.05) is 26.0 Å². The lowest BCUT2D eigenvalue weighted by molar-refractivity contribution is -0.130. The Balaban J connectivity index is 1.20. The average molecular weight is 481 g/mol. The highest BCUT2D eigenvalue weighted by atomic mass is 16.7. The highest BCUT2D eigenvalue weighted by Gasteiger charge is 2.31. The number of ether oxygens (including phenoxy) is 3. The van der Waals surface area contributed by atoms with E-state index in [4.69, 9.17) is 14.2 Å². The van der Waals surface area contributed by atoms with Crippen LogP contribution in [-0.4, -0.2) is 49.2 Å². The molecule has 1 N–H and O–H groups in total. The minimum atomic E-state index is -0.482. The minimum absolute atomic E-state index is 0.0164. The average Bonchev–Trinajstić information content (AvgIpc) is 3.32. The van der Waals surface area contributed by atoms with Crippen LogP contribution in [0.5, 0.6) is 17.2 Å². The molecule has 1 fully saturated rings. The third kappa shape index (κ3) is 6.08. The summed E-state index contributed by atoms with van der Waals surface area (Å²) in [5.74, 6) is 2.23. The van der Waals surface area contributed by atoms with Gasteiger partial charge in [0.25, 0.3) is 5.91 Å². The number of hydrogen-bond acceptors (Lipinski definition) is 5. The van der Waals surface area contributed by atoms with Crippen LogP contribution >= 0.6 is 0 Å². The summed E-state index contributed by atoms with van der Waals surface area (Å²) < 4.78 is 16.7. The SMILES string of the molecule is Cc1ccc(C)c(OCCCC(C)(C)C(=O)NC2CCN(C(=O)c3ccc4c(c3)OCO4)CC2)c1.